The van der Waals surface area contributed by atoms with Crippen molar-refractivity contribution in [1.29, 1.82) is 0 Å². The lowest BCUT2D eigenvalue weighted by molar-refractivity contribution is 0.454. The van der Waals surface area contributed by atoms with Crippen LogP contribution >= 0.6 is 11.6 Å². The van der Waals surface area contributed by atoms with Crippen LogP contribution in [0, 0.1) is 0 Å². The van der Waals surface area contributed by atoms with Crippen molar-refractivity contribution in [2.24, 2.45) is 5.84 Å². The summed E-state index contributed by atoms with van der Waals surface area (Å²) in [4.78, 5) is 4.02. The summed E-state index contributed by atoms with van der Waals surface area (Å²) in [5.41, 5.74) is 3.71. The largest absolute Gasteiger partial charge is 0.469 e. The van der Waals surface area contributed by atoms with Gasteiger partial charge in [-0.1, -0.05) is 17.7 Å². The maximum atomic E-state index is 5.72. The third kappa shape index (κ3) is 2.61. The lowest BCUT2D eigenvalue weighted by atomic mass is 10.1. The van der Waals surface area contributed by atoms with Crippen molar-refractivity contribution in [2.75, 3.05) is 0 Å². The maximum absolute atomic E-state index is 5.72. The van der Waals surface area contributed by atoms with E-state index >= 15 is 0 Å². The quantitative estimate of drug-likeness (QED) is 0.486. The van der Waals surface area contributed by atoms with Crippen LogP contribution in [0.4, 0.5) is 0 Å². The smallest absolute Gasteiger partial charge is 0.129 e. The Balaban J connectivity index is 2.13. The fourth-order valence-electron chi connectivity index (χ4n) is 1.50. The average Bonchev–Trinajstić information content (AvgIpc) is 2.80. The number of hydrazine groups is 1. The van der Waals surface area contributed by atoms with E-state index in [9.17, 15) is 0 Å². The van der Waals surface area contributed by atoms with Crippen molar-refractivity contribution >= 4 is 11.6 Å². The number of rotatable bonds is 4. The third-order valence-electron chi connectivity index (χ3n) is 2.34. The highest BCUT2D eigenvalue weighted by Crippen LogP contribution is 2.18. The van der Waals surface area contributed by atoms with Gasteiger partial charge in [0.2, 0.25) is 0 Å². The fraction of sp³-hybridized carbons (Fsp3) is 0.182. The number of hydrogen-bond acceptors (Lipinski definition) is 4. The Hall–Kier alpha value is -1.36. The molecule has 0 aliphatic rings. The lowest BCUT2D eigenvalue weighted by Crippen LogP contribution is -2.29. The van der Waals surface area contributed by atoms with Gasteiger partial charge in [-0.2, -0.15) is 0 Å². The van der Waals surface area contributed by atoms with Gasteiger partial charge in [-0.05, 0) is 23.8 Å². The summed E-state index contributed by atoms with van der Waals surface area (Å²) in [7, 11) is 0. The van der Waals surface area contributed by atoms with Crippen molar-refractivity contribution in [3.8, 4) is 0 Å². The Labute approximate surface area is 98.4 Å². The second-order valence-corrected chi connectivity index (χ2v) is 3.80. The molecule has 0 amide bonds. The Bertz CT molecular complexity index is 427. The highest BCUT2D eigenvalue weighted by Gasteiger charge is 2.12. The number of pyridine rings is 1. The molecule has 0 aliphatic carbocycles. The Morgan fingerprint density at radius 2 is 2.31 bits per heavy atom. The second kappa shape index (κ2) is 5.12. The van der Waals surface area contributed by atoms with Gasteiger partial charge in [-0.25, -0.2) is 4.98 Å². The first kappa shape index (κ1) is 11.1. The van der Waals surface area contributed by atoms with Crippen LogP contribution in [0.15, 0.2) is 41.1 Å². The van der Waals surface area contributed by atoms with Gasteiger partial charge in [-0.15, -0.1) is 0 Å². The maximum Gasteiger partial charge on any atom is 0.129 e. The van der Waals surface area contributed by atoms with Crippen molar-refractivity contribution in [1.82, 2.24) is 10.4 Å². The molecule has 2 aromatic heterocycles. The molecule has 2 heterocycles. The zero-order chi connectivity index (χ0) is 11.4. The van der Waals surface area contributed by atoms with Crippen LogP contribution in [-0.4, -0.2) is 4.98 Å². The normalized spacial score (nSPS) is 12.6. The van der Waals surface area contributed by atoms with Gasteiger partial charge < -0.3 is 4.42 Å². The van der Waals surface area contributed by atoms with Crippen molar-refractivity contribution in [2.45, 2.75) is 12.5 Å². The van der Waals surface area contributed by atoms with E-state index in [0.29, 0.717) is 11.6 Å². The lowest BCUT2D eigenvalue weighted by Gasteiger charge is -2.14. The van der Waals surface area contributed by atoms with Gasteiger partial charge in [0.05, 0.1) is 12.3 Å². The predicted molar refractivity (Wildman–Crippen MR) is 61.7 cm³/mol. The zero-order valence-electron chi connectivity index (χ0n) is 8.56. The minimum absolute atomic E-state index is 0.0316. The summed E-state index contributed by atoms with van der Waals surface area (Å²) in [5.74, 6) is 6.38. The molecular weight excluding hydrogens is 226 g/mol. The van der Waals surface area contributed by atoms with Crippen LogP contribution in [0.25, 0.3) is 0 Å². The van der Waals surface area contributed by atoms with Crippen LogP contribution in [0.3, 0.4) is 0 Å². The molecule has 2 aromatic rings. The summed E-state index contributed by atoms with van der Waals surface area (Å²) in [5, 5.41) is 0.470. The topological polar surface area (TPSA) is 64.1 Å². The SMILES string of the molecule is NNC(Cc1ccco1)c1ccc(Cl)nc1. The van der Waals surface area contributed by atoms with Gasteiger partial charge in [-0.3, -0.25) is 11.3 Å². The van der Waals surface area contributed by atoms with Crippen LogP contribution < -0.4 is 11.3 Å². The highest BCUT2D eigenvalue weighted by molar-refractivity contribution is 6.29. The molecule has 0 aliphatic heterocycles. The molecular formula is C11H12ClN3O. The van der Waals surface area contributed by atoms with Gasteiger partial charge in [0.1, 0.15) is 10.9 Å². The molecule has 84 valence electrons. The molecule has 0 fully saturated rings. The number of nitrogens with one attached hydrogen (secondary N) is 1. The molecule has 0 radical (unpaired) electrons. The third-order valence-corrected chi connectivity index (χ3v) is 2.56. The standard InChI is InChI=1S/C11H12ClN3O/c12-11-4-3-8(7-14-11)10(15-13)6-9-2-1-5-16-9/h1-5,7,10,15H,6,13H2. The summed E-state index contributed by atoms with van der Waals surface area (Å²) >= 11 is 5.72. The molecule has 1 unspecified atom stereocenters. The van der Waals surface area contributed by atoms with Crippen molar-refractivity contribution < 1.29 is 4.42 Å². The number of halogens is 1. The predicted octanol–water partition coefficient (Wildman–Crippen LogP) is 2.08. The molecule has 1 atom stereocenters. The van der Waals surface area contributed by atoms with E-state index in [-0.39, 0.29) is 6.04 Å². The van der Waals surface area contributed by atoms with Crippen molar-refractivity contribution in [3.05, 3.63) is 53.2 Å². The van der Waals surface area contributed by atoms with E-state index < -0.39 is 0 Å². The van der Waals surface area contributed by atoms with E-state index in [0.717, 1.165) is 11.3 Å². The van der Waals surface area contributed by atoms with E-state index in [1.165, 1.54) is 0 Å². The monoisotopic (exact) mass is 237 g/mol. The minimum Gasteiger partial charge on any atom is -0.469 e. The number of furan rings is 1. The Kier molecular flexibility index (Phi) is 3.56. The zero-order valence-corrected chi connectivity index (χ0v) is 9.32. The summed E-state index contributed by atoms with van der Waals surface area (Å²) in [6, 6.07) is 7.36. The number of nitrogens with two attached hydrogens (primary N) is 1. The van der Waals surface area contributed by atoms with Crippen LogP contribution in [-0.2, 0) is 6.42 Å². The average molecular weight is 238 g/mol. The Morgan fingerprint density at radius 3 is 2.88 bits per heavy atom. The molecule has 16 heavy (non-hydrogen) atoms. The summed E-state index contributed by atoms with van der Waals surface area (Å²) in [6.45, 7) is 0. The van der Waals surface area contributed by atoms with Crippen LogP contribution in [0.5, 0.6) is 0 Å². The molecule has 0 bridgehead atoms. The fourth-order valence-corrected chi connectivity index (χ4v) is 1.61. The highest BCUT2D eigenvalue weighted by atomic mass is 35.5. The first-order chi connectivity index (χ1) is 7.79. The summed E-state index contributed by atoms with van der Waals surface area (Å²) in [6.07, 6.45) is 4.02. The molecule has 0 saturated heterocycles. The Morgan fingerprint density at radius 1 is 1.44 bits per heavy atom. The molecule has 4 nitrogen and oxygen atoms in total. The van der Waals surface area contributed by atoms with E-state index in [1.54, 1.807) is 18.5 Å². The van der Waals surface area contributed by atoms with Crippen molar-refractivity contribution in [3.63, 3.8) is 0 Å². The molecule has 0 spiro atoms. The minimum atomic E-state index is -0.0316. The first-order valence-electron chi connectivity index (χ1n) is 4.89. The van der Waals surface area contributed by atoms with Gasteiger partial charge >= 0.3 is 0 Å². The van der Waals surface area contributed by atoms with Gasteiger partial charge in [0.25, 0.3) is 0 Å². The van der Waals surface area contributed by atoms with E-state index in [2.05, 4.69) is 10.4 Å². The van der Waals surface area contributed by atoms with Crippen LogP contribution in [0.2, 0.25) is 5.15 Å². The van der Waals surface area contributed by atoms with Gasteiger partial charge in [0.15, 0.2) is 0 Å². The second-order valence-electron chi connectivity index (χ2n) is 3.42. The van der Waals surface area contributed by atoms with E-state index in [1.807, 2.05) is 18.2 Å². The molecule has 2 rings (SSSR count). The molecule has 0 saturated carbocycles. The number of nitrogens with zero attached hydrogens (tertiary/aromatic N) is 1. The molecule has 5 heteroatoms. The first-order valence-corrected chi connectivity index (χ1v) is 5.27. The van der Waals surface area contributed by atoms with Gasteiger partial charge in [0, 0.05) is 12.6 Å². The molecule has 0 aromatic carbocycles. The number of hydrogen-bond donors (Lipinski definition) is 2. The number of aromatic nitrogens is 1. The summed E-state index contributed by atoms with van der Waals surface area (Å²) < 4.78 is 5.27. The van der Waals surface area contributed by atoms with E-state index in [4.69, 9.17) is 21.9 Å². The van der Waals surface area contributed by atoms with Crippen LogP contribution in [0.1, 0.15) is 17.4 Å². The molecule has 3 N–H and O–H groups in total.